The minimum atomic E-state index is -0.386. The van der Waals surface area contributed by atoms with E-state index in [0.29, 0.717) is 12.6 Å². The fourth-order valence-electron chi connectivity index (χ4n) is 4.03. The number of carbonyl (C=O) groups excluding carboxylic acids is 1. The van der Waals surface area contributed by atoms with Gasteiger partial charge in [0.1, 0.15) is 6.61 Å². The van der Waals surface area contributed by atoms with Gasteiger partial charge in [0.05, 0.1) is 6.61 Å². The molecule has 0 aliphatic heterocycles. The predicted molar refractivity (Wildman–Crippen MR) is 80.3 cm³/mol. The van der Waals surface area contributed by atoms with Gasteiger partial charge in [-0.3, -0.25) is 4.79 Å². The maximum Gasteiger partial charge on any atom is 0.243 e. The Morgan fingerprint density at radius 1 is 1.05 bits per heavy atom. The third-order valence-electron chi connectivity index (χ3n) is 4.97. The second kappa shape index (κ2) is 8.63. The minimum absolute atomic E-state index is 0.0401. The molecule has 0 bridgehead atoms. The smallest absolute Gasteiger partial charge is 0.243 e. The molecule has 116 valence electrons. The molecule has 0 aromatic carbocycles. The minimum Gasteiger partial charge on any atom is -0.370 e. The van der Waals surface area contributed by atoms with Crippen LogP contribution in [-0.4, -0.2) is 31.7 Å². The van der Waals surface area contributed by atoms with E-state index in [1.54, 1.807) is 0 Å². The molecule has 0 spiro atoms. The molecule has 0 aromatic rings. The second-order valence-electron chi connectivity index (χ2n) is 6.43. The van der Waals surface area contributed by atoms with E-state index < -0.39 is 0 Å². The Kier molecular flexibility index (Phi) is 6.80. The topological polar surface area (TPSA) is 64.4 Å². The quantitative estimate of drug-likeness (QED) is 0.704. The van der Waals surface area contributed by atoms with E-state index in [0.717, 1.165) is 18.4 Å². The lowest BCUT2D eigenvalue weighted by Crippen LogP contribution is -2.43. The van der Waals surface area contributed by atoms with Crippen LogP contribution in [-0.2, 0) is 9.53 Å². The fourth-order valence-corrected chi connectivity index (χ4v) is 4.03. The van der Waals surface area contributed by atoms with Crippen molar-refractivity contribution in [2.45, 2.75) is 63.8 Å². The molecular weight excluding hydrogens is 252 g/mol. The van der Waals surface area contributed by atoms with Crippen LogP contribution in [0.5, 0.6) is 0 Å². The SMILES string of the molecule is NC(=O)COCCNC1CCCCC1C1CCCCC1. The lowest BCUT2D eigenvalue weighted by atomic mass is 9.71. The first-order valence-electron chi connectivity index (χ1n) is 8.37. The van der Waals surface area contributed by atoms with E-state index in [1.807, 2.05) is 0 Å². The molecule has 2 saturated carbocycles. The van der Waals surface area contributed by atoms with E-state index in [1.165, 1.54) is 57.8 Å². The second-order valence-corrected chi connectivity index (χ2v) is 6.43. The Morgan fingerprint density at radius 3 is 2.50 bits per heavy atom. The highest BCUT2D eigenvalue weighted by atomic mass is 16.5. The first-order valence-corrected chi connectivity index (χ1v) is 8.37. The van der Waals surface area contributed by atoms with Gasteiger partial charge in [0, 0.05) is 12.6 Å². The Labute approximate surface area is 122 Å². The van der Waals surface area contributed by atoms with Gasteiger partial charge in [0.15, 0.2) is 0 Å². The Bertz CT molecular complexity index is 290. The summed E-state index contributed by atoms with van der Waals surface area (Å²) in [5, 5.41) is 3.67. The average Bonchev–Trinajstić information content (AvgIpc) is 2.48. The van der Waals surface area contributed by atoms with E-state index in [2.05, 4.69) is 5.32 Å². The number of primary amides is 1. The molecule has 0 heterocycles. The van der Waals surface area contributed by atoms with Crippen molar-refractivity contribution in [3.8, 4) is 0 Å². The van der Waals surface area contributed by atoms with Gasteiger partial charge in [0.2, 0.25) is 5.91 Å². The van der Waals surface area contributed by atoms with E-state index in [-0.39, 0.29) is 12.5 Å². The Hall–Kier alpha value is -0.610. The first-order chi connectivity index (χ1) is 9.77. The van der Waals surface area contributed by atoms with Crippen LogP contribution in [0.4, 0.5) is 0 Å². The molecule has 2 atom stereocenters. The summed E-state index contributed by atoms with van der Waals surface area (Å²) >= 11 is 0. The maximum absolute atomic E-state index is 10.6. The van der Waals surface area contributed by atoms with E-state index in [9.17, 15) is 4.79 Å². The summed E-state index contributed by atoms with van der Waals surface area (Å²) in [7, 11) is 0. The van der Waals surface area contributed by atoms with Crippen molar-refractivity contribution in [3.63, 3.8) is 0 Å². The van der Waals surface area contributed by atoms with Crippen LogP contribution in [0, 0.1) is 11.8 Å². The molecule has 3 N–H and O–H groups in total. The van der Waals surface area contributed by atoms with Crippen LogP contribution in [0.1, 0.15) is 57.8 Å². The summed E-state index contributed by atoms with van der Waals surface area (Å²) in [4.78, 5) is 10.6. The van der Waals surface area contributed by atoms with Crippen molar-refractivity contribution in [2.24, 2.45) is 17.6 Å². The maximum atomic E-state index is 10.6. The van der Waals surface area contributed by atoms with Gasteiger partial charge in [-0.1, -0.05) is 44.9 Å². The molecule has 2 aliphatic rings. The van der Waals surface area contributed by atoms with Crippen molar-refractivity contribution in [3.05, 3.63) is 0 Å². The van der Waals surface area contributed by atoms with E-state index >= 15 is 0 Å². The van der Waals surface area contributed by atoms with Crippen LogP contribution in [0.3, 0.4) is 0 Å². The largest absolute Gasteiger partial charge is 0.370 e. The predicted octanol–water partition coefficient (Wildman–Crippen LogP) is 2.22. The summed E-state index contributed by atoms with van der Waals surface area (Å²) in [5.41, 5.74) is 5.05. The summed E-state index contributed by atoms with van der Waals surface area (Å²) < 4.78 is 5.23. The number of rotatable bonds is 7. The highest BCUT2D eigenvalue weighted by molar-refractivity contribution is 5.74. The average molecular weight is 282 g/mol. The van der Waals surface area contributed by atoms with Gasteiger partial charge in [-0.05, 0) is 24.7 Å². The number of hydrogen-bond donors (Lipinski definition) is 2. The van der Waals surface area contributed by atoms with Gasteiger partial charge in [-0.15, -0.1) is 0 Å². The van der Waals surface area contributed by atoms with Crippen LogP contribution in [0.15, 0.2) is 0 Å². The van der Waals surface area contributed by atoms with Gasteiger partial charge >= 0.3 is 0 Å². The first kappa shape index (κ1) is 15.8. The molecule has 2 unspecified atom stereocenters. The van der Waals surface area contributed by atoms with Crippen molar-refractivity contribution in [1.29, 1.82) is 0 Å². The number of ether oxygens (including phenoxy) is 1. The van der Waals surface area contributed by atoms with Gasteiger partial charge in [-0.2, -0.15) is 0 Å². The summed E-state index contributed by atoms with van der Waals surface area (Å²) in [6, 6.07) is 0.657. The molecule has 0 saturated heterocycles. The zero-order valence-corrected chi connectivity index (χ0v) is 12.6. The number of hydrogen-bond acceptors (Lipinski definition) is 3. The molecule has 4 nitrogen and oxygen atoms in total. The normalized spacial score (nSPS) is 28.4. The monoisotopic (exact) mass is 282 g/mol. The summed E-state index contributed by atoms with van der Waals surface area (Å²) in [5.74, 6) is 1.41. The van der Waals surface area contributed by atoms with Crippen LogP contribution >= 0.6 is 0 Å². The number of amides is 1. The third kappa shape index (κ3) is 5.06. The zero-order valence-electron chi connectivity index (χ0n) is 12.6. The molecule has 4 heteroatoms. The molecule has 0 radical (unpaired) electrons. The number of carbonyl (C=O) groups is 1. The van der Waals surface area contributed by atoms with Crippen molar-refractivity contribution in [2.75, 3.05) is 19.8 Å². The van der Waals surface area contributed by atoms with Crippen LogP contribution in [0.25, 0.3) is 0 Å². The number of nitrogens with one attached hydrogen (secondary N) is 1. The highest BCUT2D eigenvalue weighted by Crippen LogP contribution is 2.38. The molecular formula is C16H30N2O2. The van der Waals surface area contributed by atoms with Crippen molar-refractivity contribution < 1.29 is 9.53 Å². The molecule has 2 rings (SSSR count). The summed E-state index contributed by atoms with van der Waals surface area (Å²) in [6.07, 6.45) is 12.6. The molecule has 1 amide bonds. The zero-order chi connectivity index (χ0) is 14.2. The van der Waals surface area contributed by atoms with Gasteiger partial charge < -0.3 is 15.8 Å². The van der Waals surface area contributed by atoms with E-state index in [4.69, 9.17) is 10.5 Å². The molecule has 20 heavy (non-hydrogen) atoms. The molecule has 0 aromatic heterocycles. The van der Waals surface area contributed by atoms with Crippen LogP contribution in [0.2, 0.25) is 0 Å². The summed E-state index contributed by atoms with van der Waals surface area (Å²) in [6.45, 7) is 1.45. The number of nitrogens with two attached hydrogens (primary N) is 1. The fraction of sp³-hybridized carbons (Fsp3) is 0.938. The van der Waals surface area contributed by atoms with Gasteiger partial charge in [-0.25, -0.2) is 0 Å². The van der Waals surface area contributed by atoms with Crippen LogP contribution < -0.4 is 11.1 Å². The lowest BCUT2D eigenvalue weighted by molar-refractivity contribution is -0.122. The van der Waals surface area contributed by atoms with Crippen molar-refractivity contribution in [1.82, 2.24) is 5.32 Å². The Morgan fingerprint density at radius 2 is 1.75 bits per heavy atom. The van der Waals surface area contributed by atoms with Crippen molar-refractivity contribution >= 4 is 5.91 Å². The standard InChI is InChI=1S/C16H30N2O2/c17-16(19)12-20-11-10-18-15-9-5-4-8-14(15)13-6-2-1-3-7-13/h13-15,18H,1-12H2,(H2,17,19). The lowest BCUT2D eigenvalue weighted by Gasteiger charge is -2.39. The Balaban J connectivity index is 1.70. The third-order valence-corrected chi connectivity index (χ3v) is 4.97. The molecule has 2 fully saturated rings. The highest BCUT2D eigenvalue weighted by Gasteiger charge is 2.31. The van der Waals surface area contributed by atoms with Gasteiger partial charge in [0.25, 0.3) is 0 Å². The molecule has 2 aliphatic carbocycles.